The second kappa shape index (κ2) is 9.19. The van der Waals surface area contributed by atoms with Crippen molar-refractivity contribution in [2.45, 2.75) is 26.7 Å². The number of aryl methyl sites for hydroxylation is 1. The normalized spacial score (nSPS) is 11.7. The maximum absolute atomic E-state index is 5.79. The molecule has 2 rings (SSSR count). The van der Waals surface area contributed by atoms with E-state index in [2.05, 4.69) is 47.3 Å². The number of halogens is 1. The molecule has 6 heteroatoms. The maximum Gasteiger partial charge on any atom is 0.188 e. The fraction of sp³-hybridized carbons (Fsp3) is 0.467. The molecule has 1 aromatic heterocycles. The third kappa shape index (κ3) is 6.17. The fourth-order valence-electron chi connectivity index (χ4n) is 1.82. The summed E-state index contributed by atoms with van der Waals surface area (Å²) in [7, 11) is 0. The average Bonchev–Trinajstić information content (AvgIpc) is 2.84. The van der Waals surface area contributed by atoms with Crippen LogP contribution in [0.2, 0.25) is 0 Å². The number of nitrogens with one attached hydrogen (secondary N) is 1. The lowest BCUT2D eigenvalue weighted by Gasteiger charge is -2.05. The smallest absolute Gasteiger partial charge is 0.188 e. The lowest BCUT2D eigenvalue weighted by Crippen LogP contribution is -2.33. The molecule has 0 unspecified atom stereocenters. The molecule has 4 nitrogen and oxygen atoms in total. The highest BCUT2D eigenvalue weighted by atomic mass is 127. The number of hydrogen-bond donors (Lipinski definition) is 2. The number of fused-ring (bicyclic) bond motifs is 1. The van der Waals surface area contributed by atoms with Crippen molar-refractivity contribution in [2.24, 2.45) is 16.6 Å². The van der Waals surface area contributed by atoms with Crippen LogP contribution in [0.1, 0.15) is 25.3 Å². The van der Waals surface area contributed by atoms with Crippen molar-refractivity contribution in [3.8, 4) is 0 Å². The summed E-state index contributed by atoms with van der Waals surface area (Å²) in [6, 6.07) is 8.26. The van der Waals surface area contributed by atoms with Crippen LogP contribution in [-0.2, 0) is 6.42 Å². The molecule has 1 heterocycles. The lowest BCUT2D eigenvalue weighted by molar-refractivity contribution is 0.659. The van der Waals surface area contributed by atoms with Crippen LogP contribution in [0.5, 0.6) is 0 Å². The number of nitrogens with two attached hydrogens (primary N) is 1. The van der Waals surface area contributed by atoms with Gasteiger partial charge in [-0.3, -0.25) is 4.99 Å². The van der Waals surface area contributed by atoms with Gasteiger partial charge in [0, 0.05) is 19.5 Å². The Morgan fingerprint density at radius 2 is 2.14 bits per heavy atom. The van der Waals surface area contributed by atoms with Gasteiger partial charge >= 0.3 is 0 Å². The number of guanidine groups is 1. The van der Waals surface area contributed by atoms with E-state index in [0.717, 1.165) is 31.4 Å². The number of rotatable bonds is 6. The van der Waals surface area contributed by atoms with Gasteiger partial charge in [-0.1, -0.05) is 26.0 Å². The SMILES string of the molecule is CC(C)CN=C(N)NCCCc1nc2ccccc2s1.I. The van der Waals surface area contributed by atoms with E-state index in [1.165, 1.54) is 9.71 Å². The molecule has 0 amide bonds. The van der Waals surface area contributed by atoms with Crippen molar-refractivity contribution in [1.82, 2.24) is 10.3 Å². The number of para-hydroxylation sites is 1. The van der Waals surface area contributed by atoms with Crippen molar-refractivity contribution in [1.29, 1.82) is 0 Å². The monoisotopic (exact) mass is 418 g/mol. The van der Waals surface area contributed by atoms with Crippen molar-refractivity contribution in [3.05, 3.63) is 29.3 Å². The van der Waals surface area contributed by atoms with Gasteiger partial charge in [0.05, 0.1) is 15.2 Å². The number of aliphatic imine (C=N–C) groups is 1. The van der Waals surface area contributed by atoms with Crippen LogP contribution in [-0.4, -0.2) is 24.0 Å². The Morgan fingerprint density at radius 3 is 2.86 bits per heavy atom. The number of hydrogen-bond acceptors (Lipinski definition) is 3. The Kier molecular flexibility index (Phi) is 7.95. The molecule has 116 valence electrons. The Balaban J connectivity index is 0.00000220. The highest BCUT2D eigenvalue weighted by molar-refractivity contribution is 14.0. The van der Waals surface area contributed by atoms with Gasteiger partial charge in [-0.15, -0.1) is 35.3 Å². The minimum atomic E-state index is 0. The van der Waals surface area contributed by atoms with Gasteiger partial charge in [-0.2, -0.15) is 0 Å². The lowest BCUT2D eigenvalue weighted by atomic mass is 10.2. The zero-order valence-electron chi connectivity index (χ0n) is 12.5. The molecule has 21 heavy (non-hydrogen) atoms. The summed E-state index contributed by atoms with van der Waals surface area (Å²) in [5.41, 5.74) is 6.88. The van der Waals surface area contributed by atoms with E-state index >= 15 is 0 Å². The van der Waals surface area contributed by atoms with E-state index < -0.39 is 0 Å². The van der Waals surface area contributed by atoms with Crippen molar-refractivity contribution in [3.63, 3.8) is 0 Å². The highest BCUT2D eigenvalue weighted by Crippen LogP contribution is 2.22. The molecule has 0 radical (unpaired) electrons. The van der Waals surface area contributed by atoms with Crippen molar-refractivity contribution < 1.29 is 0 Å². The van der Waals surface area contributed by atoms with Gasteiger partial charge in [-0.25, -0.2) is 4.98 Å². The summed E-state index contributed by atoms with van der Waals surface area (Å²) in [4.78, 5) is 8.89. The Hall–Kier alpha value is -0.890. The van der Waals surface area contributed by atoms with Crippen molar-refractivity contribution >= 4 is 51.5 Å². The van der Waals surface area contributed by atoms with Gasteiger partial charge in [-0.05, 0) is 24.5 Å². The molecule has 0 aliphatic heterocycles. The molecule has 0 spiro atoms. The molecule has 0 aliphatic carbocycles. The van der Waals surface area contributed by atoms with Crippen LogP contribution in [0.4, 0.5) is 0 Å². The van der Waals surface area contributed by atoms with Crippen LogP contribution < -0.4 is 11.1 Å². The maximum atomic E-state index is 5.79. The van der Waals surface area contributed by atoms with Gasteiger partial charge in [0.2, 0.25) is 0 Å². The minimum Gasteiger partial charge on any atom is -0.370 e. The second-order valence-electron chi connectivity index (χ2n) is 5.23. The Morgan fingerprint density at radius 1 is 1.38 bits per heavy atom. The van der Waals surface area contributed by atoms with Crippen LogP contribution in [0, 0.1) is 5.92 Å². The largest absolute Gasteiger partial charge is 0.370 e. The third-order valence-electron chi connectivity index (χ3n) is 2.84. The van der Waals surface area contributed by atoms with Gasteiger partial charge in [0.15, 0.2) is 5.96 Å². The summed E-state index contributed by atoms with van der Waals surface area (Å²) in [5.74, 6) is 1.08. The molecule has 0 saturated carbocycles. The first kappa shape index (κ1) is 18.2. The molecule has 0 bridgehead atoms. The van der Waals surface area contributed by atoms with E-state index in [9.17, 15) is 0 Å². The molecule has 0 saturated heterocycles. The predicted molar refractivity (Wildman–Crippen MR) is 103 cm³/mol. The summed E-state index contributed by atoms with van der Waals surface area (Å²) in [5, 5.41) is 4.33. The number of benzene rings is 1. The molecular weight excluding hydrogens is 395 g/mol. The zero-order chi connectivity index (χ0) is 14.4. The van der Waals surface area contributed by atoms with E-state index in [-0.39, 0.29) is 24.0 Å². The van der Waals surface area contributed by atoms with E-state index in [1.54, 1.807) is 11.3 Å². The number of thiazole rings is 1. The summed E-state index contributed by atoms with van der Waals surface area (Å²) in [6.07, 6.45) is 1.99. The first-order chi connectivity index (χ1) is 9.65. The highest BCUT2D eigenvalue weighted by Gasteiger charge is 2.02. The first-order valence-corrected chi connectivity index (χ1v) is 7.85. The number of nitrogens with zero attached hydrogens (tertiary/aromatic N) is 2. The van der Waals surface area contributed by atoms with E-state index in [0.29, 0.717) is 11.9 Å². The van der Waals surface area contributed by atoms with E-state index in [4.69, 9.17) is 5.73 Å². The molecule has 0 aliphatic rings. The second-order valence-corrected chi connectivity index (χ2v) is 6.34. The summed E-state index contributed by atoms with van der Waals surface area (Å²) in [6.45, 7) is 5.87. The Labute approximate surface area is 147 Å². The first-order valence-electron chi connectivity index (χ1n) is 7.03. The molecule has 1 aromatic carbocycles. The predicted octanol–water partition coefficient (Wildman–Crippen LogP) is 3.41. The summed E-state index contributed by atoms with van der Waals surface area (Å²) >= 11 is 1.77. The quantitative estimate of drug-likeness (QED) is 0.327. The van der Waals surface area contributed by atoms with Gasteiger partial charge in [0.25, 0.3) is 0 Å². The summed E-state index contributed by atoms with van der Waals surface area (Å²) < 4.78 is 1.26. The average molecular weight is 418 g/mol. The minimum absolute atomic E-state index is 0. The van der Waals surface area contributed by atoms with E-state index in [1.807, 2.05) is 6.07 Å². The Bertz CT molecular complexity index is 547. The zero-order valence-corrected chi connectivity index (χ0v) is 15.7. The van der Waals surface area contributed by atoms with Gasteiger partial charge in [0.1, 0.15) is 0 Å². The molecule has 0 fully saturated rings. The standard InChI is InChI=1S/C15H22N4S.HI/c1-11(2)10-18-15(16)17-9-5-8-14-19-12-6-3-4-7-13(12)20-14;/h3-4,6-7,11H,5,8-10H2,1-2H3,(H3,16,17,18);1H. The molecule has 0 atom stereocenters. The van der Waals surface area contributed by atoms with Crippen LogP contribution in [0.25, 0.3) is 10.2 Å². The van der Waals surface area contributed by atoms with Gasteiger partial charge < -0.3 is 11.1 Å². The van der Waals surface area contributed by atoms with Crippen LogP contribution in [0.3, 0.4) is 0 Å². The van der Waals surface area contributed by atoms with Crippen molar-refractivity contribution in [2.75, 3.05) is 13.1 Å². The van der Waals surface area contributed by atoms with Crippen LogP contribution >= 0.6 is 35.3 Å². The molecular formula is C15H23IN4S. The molecule has 3 N–H and O–H groups in total. The van der Waals surface area contributed by atoms with Crippen LogP contribution in [0.15, 0.2) is 29.3 Å². The number of aromatic nitrogens is 1. The fourth-order valence-corrected chi connectivity index (χ4v) is 2.83. The topological polar surface area (TPSA) is 63.3 Å². The third-order valence-corrected chi connectivity index (χ3v) is 3.93. The molecule has 2 aromatic rings.